The standard InChI is InChI=1S/C18H19Cl3N2O3/c1-2-25-6-7-26-13-5-3-4-12(8-13)23-18(24)11-22-17-10-15(20)14(19)9-16(17)21/h3-5,8-10,22H,2,6-7,11H2,1H3,(H,23,24). The smallest absolute Gasteiger partial charge is 0.243 e. The van der Waals surface area contributed by atoms with Gasteiger partial charge in [-0.1, -0.05) is 40.9 Å². The van der Waals surface area contributed by atoms with Crippen molar-refractivity contribution in [3.8, 4) is 5.75 Å². The van der Waals surface area contributed by atoms with Crippen molar-refractivity contribution < 1.29 is 14.3 Å². The Morgan fingerprint density at radius 2 is 1.81 bits per heavy atom. The molecule has 0 unspecified atom stereocenters. The minimum atomic E-state index is -0.237. The van der Waals surface area contributed by atoms with E-state index >= 15 is 0 Å². The van der Waals surface area contributed by atoms with Crippen LogP contribution in [0, 0.1) is 0 Å². The Labute approximate surface area is 167 Å². The fraction of sp³-hybridized carbons (Fsp3) is 0.278. The monoisotopic (exact) mass is 416 g/mol. The molecule has 2 aromatic carbocycles. The molecule has 0 heterocycles. The van der Waals surface area contributed by atoms with Gasteiger partial charge in [-0.2, -0.15) is 0 Å². The molecule has 0 spiro atoms. The molecule has 0 aliphatic heterocycles. The maximum atomic E-state index is 12.1. The molecule has 0 atom stereocenters. The molecule has 0 bridgehead atoms. The maximum absolute atomic E-state index is 12.1. The summed E-state index contributed by atoms with van der Waals surface area (Å²) in [5.74, 6) is 0.418. The van der Waals surface area contributed by atoms with Gasteiger partial charge in [0.1, 0.15) is 12.4 Å². The number of nitrogens with one attached hydrogen (secondary N) is 2. The normalized spacial score (nSPS) is 10.5. The van der Waals surface area contributed by atoms with E-state index in [2.05, 4.69) is 10.6 Å². The Bertz CT molecular complexity index is 756. The summed E-state index contributed by atoms with van der Waals surface area (Å²) in [4.78, 5) is 12.1. The molecular weight excluding hydrogens is 399 g/mol. The molecule has 8 heteroatoms. The van der Waals surface area contributed by atoms with Crippen LogP contribution in [-0.2, 0) is 9.53 Å². The average molecular weight is 418 g/mol. The molecule has 0 aliphatic carbocycles. The maximum Gasteiger partial charge on any atom is 0.243 e. The van der Waals surface area contributed by atoms with Gasteiger partial charge in [0, 0.05) is 18.4 Å². The summed E-state index contributed by atoms with van der Waals surface area (Å²) in [7, 11) is 0. The Morgan fingerprint density at radius 3 is 2.58 bits per heavy atom. The summed E-state index contributed by atoms with van der Waals surface area (Å²) < 4.78 is 10.8. The van der Waals surface area contributed by atoms with Gasteiger partial charge in [-0.05, 0) is 31.2 Å². The molecule has 0 saturated heterocycles. The molecule has 2 rings (SSSR count). The van der Waals surface area contributed by atoms with Crippen LogP contribution in [0.5, 0.6) is 5.75 Å². The van der Waals surface area contributed by atoms with Crippen LogP contribution in [-0.4, -0.2) is 32.3 Å². The molecule has 140 valence electrons. The van der Waals surface area contributed by atoms with Gasteiger partial charge in [0.05, 0.1) is 33.9 Å². The second-order valence-corrected chi connectivity index (χ2v) is 6.44. The van der Waals surface area contributed by atoms with E-state index in [9.17, 15) is 4.79 Å². The largest absolute Gasteiger partial charge is 0.491 e. The van der Waals surface area contributed by atoms with Crippen molar-refractivity contribution in [2.45, 2.75) is 6.92 Å². The van der Waals surface area contributed by atoms with Crippen LogP contribution in [0.2, 0.25) is 15.1 Å². The van der Waals surface area contributed by atoms with E-state index < -0.39 is 0 Å². The molecule has 0 saturated carbocycles. The Morgan fingerprint density at radius 1 is 1.04 bits per heavy atom. The minimum absolute atomic E-state index is 0.0209. The fourth-order valence-corrected chi connectivity index (χ4v) is 2.68. The van der Waals surface area contributed by atoms with E-state index in [1.807, 2.05) is 13.0 Å². The summed E-state index contributed by atoms with van der Waals surface area (Å²) in [5, 5.41) is 6.81. The lowest BCUT2D eigenvalue weighted by Crippen LogP contribution is -2.21. The van der Waals surface area contributed by atoms with Crippen LogP contribution in [0.25, 0.3) is 0 Å². The van der Waals surface area contributed by atoms with Gasteiger partial charge in [-0.15, -0.1) is 0 Å². The highest BCUT2D eigenvalue weighted by Crippen LogP contribution is 2.32. The lowest BCUT2D eigenvalue weighted by Gasteiger charge is -2.11. The van der Waals surface area contributed by atoms with Crippen molar-refractivity contribution in [2.75, 3.05) is 37.0 Å². The molecule has 0 fully saturated rings. The predicted octanol–water partition coefficient (Wildman–Crippen LogP) is 5.11. The summed E-state index contributed by atoms with van der Waals surface area (Å²) in [6, 6.07) is 10.2. The lowest BCUT2D eigenvalue weighted by molar-refractivity contribution is -0.114. The van der Waals surface area contributed by atoms with Crippen LogP contribution < -0.4 is 15.4 Å². The van der Waals surface area contributed by atoms with Crippen molar-refractivity contribution in [3.63, 3.8) is 0 Å². The zero-order chi connectivity index (χ0) is 18.9. The van der Waals surface area contributed by atoms with Crippen molar-refractivity contribution >= 4 is 52.1 Å². The van der Waals surface area contributed by atoms with Crippen molar-refractivity contribution in [3.05, 3.63) is 51.5 Å². The van der Waals surface area contributed by atoms with Crippen LogP contribution >= 0.6 is 34.8 Å². The molecule has 0 aliphatic rings. The van der Waals surface area contributed by atoms with Gasteiger partial charge < -0.3 is 20.1 Å². The van der Waals surface area contributed by atoms with Crippen LogP contribution in [0.4, 0.5) is 11.4 Å². The molecule has 26 heavy (non-hydrogen) atoms. The first-order valence-electron chi connectivity index (χ1n) is 7.98. The van der Waals surface area contributed by atoms with Crippen molar-refractivity contribution in [2.24, 2.45) is 0 Å². The highest BCUT2D eigenvalue weighted by Gasteiger charge is 2.08. The number of rotatable bonds is 9. The zero-order valence-electron chi connectivity index (χ0n) is 14.2. The van der Waals surface area contributed by atoms with Gasteiger partial charge in [-0.3, -0.25) is 4.79 Å². The summed E-state index contributed by atoms with van der Waals surface area (Å²) >= 11 is 17.9. The molecular formula is C18H19Cl3N2O3. The van der Waals surface area contributed by atoms with E-state index in [-0.39, 0.29) is 12.5 Å². The quantitative estimate of drug-likeness (QED) is 0.439. The van der Waals surface area contributed by atoms with E-state index in [0.717, 1.165) is 0 Å². The Balaban J connectivity index is 1.87. The van der Waals surface area contributed by atoms with E-state index in [1.54, 1.807) is 24.3 Å². The van der Waals surface area contributed by atoms with Gasteiger partial charge in [0.2, 0.25) is 5.91 Å². The molecule has 0 radical (unpaired) electrons. The van der Waals surface area contributed by atoms with Crippen LogP contribution in [0.3, 0.4) is 0 Å². The molecule has 2 N–H and O–H groups in total. The van der Waals surface area contributed by atoms with E-state index in [4.69, 9.17) is 44.3 Å². The third kappa shape index (κ3) is 6.57. The van der Waals surface area contributed by atoms with Gasteiger partial charge in [-0.25, -0.2) is 0 Å². The van der Waals surface area contributed by atoms with Crippen molar-refractivity contribution in [1.29, 1.82) is 0 Å². The first kappa shape index (κ1) is 20.6. The highest BCUT2D eigenvalue weighted by molar-refractivity contribution is 6.44. The topological polar surface area (TPSA) is 59.6 Å². The van der Waals surface area contributed by atoms with Crippen molar-refractivity contribution in [1.82, 2.24) is 0 Å². The zero-order valence-corrected chi connectivity index (χ0v) is 16.4. The summed E-state index contributed by atoms with van der Waals surface area (Å²) in [5.41, 5.74) is 1.16. The molecule has 2 aromatic rings. The summed E-state index contributed by atoms with van der Waals surface area (Å²) in [6.07, 6.45) is 0. The number of carbonyl (C=O) groups is 1. The number of halogens is 3. The predicted molar refractivity (Wildman–Crippen MR) is 107 cm³/mol. The molecule has 1 amide bonds. The number of amides is 1. The lowest BCUT2D eigenvalue weighted by atomic mass is 10.3. The first-order valence-corrected chi connectivity index (χ1v) is 9.12. The van der Waals surface area contributed by atoms with Gasteiger partial charge in [0.25, 0.3) is 0 Å². The number of hydrogen-bond acceptors (Lipinski definition) is 4. The second kappa shape index (κ2) is 10.5. The van der Waals surface area contributed by atoms with Crippen LogP contribution in [0.15, 0.2) is 36.4 Å². The number of benzene rings is 2. The van der Waals surface area contributed by atoms with Gasteiger partial charge >= 0.3 is 0 Å². The van der Waals surface area contributed by atoms with Gasteiger partial charge in [0.15, 0.2) is 0 Å². The fourth-order valence-electron chi connectivity index (χ4n) is 2.07. The number of ether oxygens (including phenoxy) is 2. The third-order valence-corrected chi connectivity index (χ3v) is 4.30. The second-order valence-electron chi connectivity index (χ2n) is 5.22. The summed E-state index contributed by atoms with van der Waals surface area (Å²) in [6.45, 7) is 3.56. The third-order valence-electron chi connectivity index (χ3n) is 3.27. The number of carbonyl (C=O) groups excluding carboxylic acids is 1. The SMILES string of the molecule is CCOCCOc1cccc(NC(=O)CNc2cc(Cl)c(Cl)cc2Cl)c1. The highest BCUT2D eigenvalue weighted by atomic mass is 35.5. The molecule has 5 nitrogen and oxygen atoms in total. The Kier molecular flexibility index (Phi) is 8.32. The number of hydrogen-bond donors (Lipinski definition) is 2. The minimum Gasteiger partial charge on any atom is -0.491 e. The van der Waals surface area contributed by atoms with Crippen LogP contribution in [0.1, 0.15) is 6.92 Å². The first-order chi connectivity index (χ1) is 12.5. The van der Waals surface area contributed by atoms with E-state index in [1.165, 1.54) is 6.07 Å². The average Bonchev–Trinajstić information content (AvgIpc) is 2.61. The Hall–Kier alpha value is -1.66. The number of anilines is 2. The molecule has 0 aromatic heterocycles. The van der Waals surface area contributed by atoms with E-state index in [0.29, 0.717) is 52.0 Å².